The second-order valence-electron chi connectivity index (χ2n) is 6.93. The molecule has 4 nitrogen and oxygen atoms in total. The van der Waals surface area contributed by atoms with Crippen molar-refractivity contribution >= 4 is 13.5 Å². The molecule has 1 fully saturated rings. The van der Waals surface area contributed by atoms with Gasteiger partial charge in [0.25, 0.3) is 0 Å². The monoisotopic (exact) mass is 335 g/mol. The van der Waals surface area contributed by atoms with E-state index >= 15 is 0 Å². The van der Waals surface area contributed by atoms with E-state index in [1.54, 1.807) is 6.07 Å². The third-order valence-corrected chi connectivity index (χ3v) is 6.15. The zero-order valence-corrected chi connectivity index (χ0v) is 13.5. The van der Waals surface area contributed by atoms with E-state index in [9.17, 15) is 10.2 Å². The first-order valence-electron chi connectivity index (χ1n) is 7.71. The number of aliphatic hydroxyl groups is 1. The molecule has 2 aliphatic heterocycles. The van der Waals surface area contributed by atoms with Crippen molar-refractivity contribution in [2.75, 3.05) is 13.6 Å². The van der Waals surface area contributed by atoms with Gasteiger partial charge < -0.3 is 19.8 Å². The summed E-state index contributed by atoms with van der Waals surface area (Å²) in [7, 11) is 2.19. The predicted molar refractivity (Wildman–Crippen MR) is 94.7 cm³/mol. The van der Waals surface area contributed by atoms with Crippen molar-refractivity contribution in [3.8, 4) is 11.5 Å². The fraction of sp³-hybridized carbons (Fsp3) is 0.556. The van der Waals surface area contributed by atoms with Crippen molar-refractivity contribution in [2.45, 2.75) is 43.9 Å². The fourth-order valence-electron chi connectivity index (χ4n) is 5.24. The summed E-state index contributed by atoms with van der Waals surface area (Å²) in [6, 6.07) is 4.23. The van der Waals surface area contributed by atoms with E-state index in [1.807, 2.05) is 12.1 Å². The van der Waals surface area contributed by atoms with E-state index in [0.717, 1.165) is 19.4 Å². The summed E-state index contributed by atoms with van der Waals surface area (Å²) < 4.78 is 6.09. The van der Waals surface area contributed by atoms with Crippen LogP contribution in [0, 0.1) is 5.92 Å². The largest absolute Gasteiger partial charge is 0.504 e. The number of piperidine rings is 1. The number of benzene rings is 1. The maximum absolute atomic E-state index is 10.4. The number of aliphatic hydroxyl groups excluding tert-OH is 1. The van der Waals surface area contributed by atoms with Gasteiger partial charge in [-0.3, -0.25) is 0 Å². The molecular weight excluding hydrogens is 310 g/mol. The number of likely N-dealkylation sites (N-methyl/N-ethyl adjacent to an activating group) is 1. The van der Waals surface area contributed by atoms with Crippen molar-refractivity contribution in [3.05, 3.63) is 35.4 Å². The molecule has 2 heterocycles. The lowest BCUT2D eigenvalue weighted by molar-refractivity contribution is -0.0453. The van der Waals surface area contributed by atoms with Crippen molar-refractivity contribution in [1.82, 2.24) is 4.90 Å². The lowest BCUT2D eigenvalue weighted by Gasteiger charge is -2.56. The minimum absolute atomic E-state index is 0. The summed E-state index contributed by atoms with van der Waals surface area (Å²) in [5, 5.41) is 20.6. The van der Waals surface area contributed by atoms with Gasteiger partial charge >= 0.3 is 0 Å². The van der Waals surface area contributed by atoms with Crippen LogP contribution in [0.15, 0.2) is 24.3 Å². The number of rotatable bonds is 0. The Morgan fingerprint density at radius 1 is 1.30 bits per heavy atom. The summed E-state index contributed by atoms with van der Waals surface area (Å²) in [6.45, 7) is 1.01. The van der Waals surface area contributed by atoms with Crippen molar-refractivity contribution in [1.29, 1.82) is 0 Å². The second kappa shape index (κ2) is 5.16. The van der Waals surface area contributed by atoms with Gasteiger partial charge in [-0.1, -0.05) is 25.6 Å². The molecule has 0 unspecified atom stereocenters. The molecule has 4 aliphatic rings. The number of phenols is 1. The number of hydrogen-bond donors (Lipinski definition) is 2. The highest BCUT2D eigenvalue weighted by molar-refractivity contribution is 7.59. The van der Waals surface area contributed by atoms with Gasteiger partial charge in [-0.05, 0) is 38.1 Å². The summed E-state index contributed by atoms with van der Waals surface area (Å²) >= 11 is 0. The molecule has 5 heteroatoms. The molecule has 126 valence electrons. The first-order valence-corrected chi connectivity index (χ1v) is 7.71. The molecule has 0 radical (unpaired) electrons. The number of ether oxygens (including phenoxy) is 1. The quantitative estimate of drug-likeness (QED) is 0.712. The normalized spacial score (nSPS) is 38.9. The van der Waals surface area contributed by atoms with E-state index in [2.05, 4.69) is 18.0 Å². The summed E-state index contributed by atoms with van der Waals surface area (Å²) in [6.07, 6.45) is 5.18. The Kier molecular flexibility index (Phi) is 3.74. The molecule has 1 aromatic carbocycles. The lowest BCUT2D eigenvalue weighted by Crippen LogP contribution is -2.64. The van der Waals surface area contributed by atoms with E-state index in [0.29, 0.717) is 17.7 Å². The molecule has 2 N–H and O–H groups in total. The van der Waals surface area contributed by atoms with Gasteiger partial charge in [-0.15, -0.1) is 0 Å². The van der Waals surface area contributed by atoms with Gasteiger partial charge in [-0.25, -0.2) is 0 Å². The minimum Gasteiger partial charge on any atom is -0.504 e. The smallest absolute Gasteiger partial charge is 0.165 e. The Morgan fingerprint density at radius 3 is 2.87 bits per heavy atom. The Bertz CT molecular complexity index is 676. The van der Waals surface area contributed by atoms with Crippen LogP contribution in [0.2, 0.25) is 0 Å². The highest BCUT2D eigenvalue weighted by Crippen LogP contribution is 2.62. The van der Waals surface area contributed by atoms with Crippen molar-refractivity contribution in [3.63, 3.8) is 0 Å². The molecule has 2 bridgehead atoms. The lowest BCUT2D eigenvalue weighted by atomic mass is 9.53. The van der Waals surface area contributed by atoms with Crippen LogP contribution < -0.4 is 4.74 Å². The van der Waals surface area contributed by atoms with Crippen LogP contribution >= 0.6 is 13.5 Å². The number of likely N-dealkylation sites (tertiary alicyclic amines) is 1. The summed E-state index contributed by atoms with van der Waals surface area (Å²) in [5.74, 6) is 1.19. The molecule has 23 heavy (non-hydrogen) atoms. The number of aromatic hydroxyl groups is 1. The first-order chi connectivity index (χ1) is 10.1. The molecule has 5 atom stereocenters. The Hall–Kier alpha value is -1.17. The van der Waals surface area contributed by atoms with Crippen molar-refractivity contribution < 1.29 is 14.9 Å². The average Bonchev–Trinajstić information content (AvgIpc) is 2.83. The Morgan fingerprint density at radius 2 is 2.09 bits per heavy atom. The zero-order chi connectivity index (χ0) is 14.4. The summed E-state index contributed by atoms with van der Waals surface area (Å²) in [5.41, 5.74) is 2.29. The van der Waals surface area contributed by atoms with Crippen LogP contribution in [-0.4, -0.2) is 47.0 Å². The molecule has 1 aromatic rings. The maximum atomic E-state index is 10.4. The molecule has 0 aromatic heterocycles. The topological polar surface area (TPSA) is 52.9 Å². The molecule has 0 saturated carbocycles. The first kappa shape index (κ1) is 16.7. The van der Waals surface area contributed by atoms with Crippen molar-refractivity contribution in [2.24, 2.45) is 5.92 Å². The maximum Gasteiger partial charge on any atom is 0.165 e. The Labute approximate surface area is 144 Å². The average molecular weight is 335 g/mol. The molecule has 0 amide bonds. The predicted octanol–water partition coefficient (Wildman–Crippen LogP) is 1.95. The molecule has 1 saturated heterocycles. The minimum atomic E-state index is -0.594. The van der Waals surface area contributed by atoms with E-state index in [-0.39, 0.29) is 38.2 Å². The molecule has 5 rings (SSSR count). The third-order valence-electron chi connectivity index (χ3n) is 6.15. The van der Waals surface area contributed by atoms with Gasteiger partial charge in [0.2, 0.25) is 0 Å². The number of nitrogens with zero attached hydrogens (tertiary/aromatic N) is 1. The fourth-order valence-corrected chi connectivity index (χ4v) is 5.24. The van der Waals surface area contributed by atoms with E-state index in [1.165, 1.54) is 11.1 Å². The highest BCUT2D eigenvalue weighted by atomic mass is 32.1. The van der Waals surface area contributed by atoms with Gasteiger partial charge in [0.15, 0.2) is 11.5 Å². The third kappa shape index (κ3) is 1.76. The zero-order valence-electron chi connectivity index (χ0n) is 12.5. The number of phenolic OH excluding ortho intramolecular Hbond substituents is 1. The van der Waals surface area contributed by atoms with E-state index in [4.69, 9.17) is 4.74 Å². The van der Waals surface area contributed by atoms with Gasteiger partial charge in [0, 0.05) is 22.9 Å². The van der Waals surface area contributed by atoms with Crippen LogP contribution in [0.25, 0.3) is 0 Å². The van der Waals surface area contributed by atoms with Gasteiger partial charge in [0.1, 0.15) is 12.2 Å². The van der Waals surface area contributed by atoms with Crippen LogP contribution in [0.3, 0.4) is 0 Å². The highest BCUT2D eigenvalue weighted by Gasteiger charge is 2.64. The SMILES string of the molecule is C.CN1CC[C@]23c4c5ccc(O)c4O[C@H]2[C@@H](O)C=C[C@H]3[C@H]1C5.S. The van der Waals surface area contributed by atoms with Crippen LogP contribution in [-0.2, 0) is 11.8 Å². The second-order valence-corrected chi connectivity index (χ2v) is 6.93. The molecule has 2 aliphatic carbocycles. The van der Waals surface area contributed by atoms with Gasteiger partial charge in [0.05, 0.1) is 0 Å². The van der Waals surface area contributed by atoms with E-state index < -0.39 is 6.10 Å². The van der Waals surface area contributed by atoms with Gasteiger partial charge in [-0.2, -0.15) is 13.5 Å². The summed E-state index contributed by atoms with van der Waals surface area (Å²) in [4.78, 5) is 2.43. The Balaban J connectivity index is 0.000000781. The van der Waals surface area contributed by atoms with Crippen LogP contribution in [0.5, 0.6) is 11.5 Å². The number of hydrogen-bond acceptors (Lipinski definition) is 4. The van der Waals surface area contributed by atoms with Crippen LogP contribution in [0.1, 0.15) is 25.0 Å². The molecular formula is C18H25NO3S. The van der Waals surface area contributed by atoms with Crippen LogP contribution in [0.4, 0.5) is 0 Å². The standard InChI is InChI=1S/C17H19NO3.CH4.H2S/c1-18-7-6-17-10-3-5-13(20)16(17)21-15-12(19)4-2-9(14(15)17)8-11(10)18;;/h2-5,10-11,13,16,19-20H,6-8H2,1H3;1H4;1H2/t10-,11+,13-,16-,17-;;/m0../s1. The molecule has 1 spiro atoms.